The van der Waals surface area contributed by atoms with E-state index in [0.717, 1.165) is 15.9 Å². The van der Waals surface area contributed by atoms with E-state index >= 15 is 0 Å². The highest BCUT2D eigenvalue weighted by atomic mass is 19.4. The number of nitrogens with one attached hydrogen (secondary N) is 1. The fourth-order valence-corrected chi connectivity index (χ4v) is 2.60. The van der Waals surface area contributed by atoms with Crippen LogP contribution in [0.2, 0.25) is 0 Å². The molecule has 35 heavy (non-hydrogen) atoms. The maximum atomic E-state index is 12.9. The zero-order chi connectivity index (χ0) is 26.3. The van der Waals surface area contributed by atoms with Crippen LogP contribution in [0.3, 0.4) is 0 Å². The number of halogens is 5. The molecule has 0 aliphatic rings. The molecular formula is C20H20F5N7O3. The first kappa shape index (κ1) is 27.1. The van der Waals surface area contributed by atoms with Crippen molar-refractivity contribution < 1.29 is 31.9 Å². The fraction of sp³-hybridized carbons (Fsp3) is 0.250. The predicted octanol–water partition coefficient (Wildman–Crippen LogP) is 2.37. The summed E-state index contributed by atoms with van der Waals surface area (Å²) in [6.07, 6.45) is -5.55. The average Bonchev–Trinajstić information content (AvgIpc) is 3.17. The Labute approximate surface area is 194 Å². The van der Waals surface area contributed by atoms with E-state index in [2.05, 4.69) is 20.2 Å². The van der Waals surface area contributed by atoms with Gasteiger partial charge in [0.25, 0.3) is 6.08 Å². The molecule has 0 unspecified atom stereocenters. The topological polar surface area (TPSA) is 143 Å². The van der Waals surface area contributed by atoms with Crippen molar-refractivity contribution in [1.29, 1.82) is 0 Å². The molecule has 3 heterocycles. The summed E-state index contributed by atoms with van der Waals surface area (Å²) < 4.78 is 58.8. The molecule has 3 rings (SSSR count). The molecule has 15 heteroatoms. The van der Waals surface area contributed by atoms with E-state index in [1.54, 1.807) is 24.4 Å². The predicted molar refractivity (Wildman–Crippen MR) is 115 cm³/mol. The number of rotatable bonds is 6. The third kappa shape index (κ3) is 7.17. The molecule has 3 aromatic rings. The molecule has 10 nitrogen and oxygen atoms in total. The standard InChI is InChI=1S/C18H19F2N7O.C2HF3O2/c1-26(2)14-7-6-11(10-22-14)13-4-3-5-15(23-13)27-16(24-25-18(27)28)8-12(9-21)17(19)20;3-2(4,5)1(6)7/h3-7,10H,8-9,21H2,1-2H3,(H,25,28);(H,6,7). The highest BCUT2D eigenvalue weighted by Gasteiger charge is 2.38. The zero-order valence-corrected chi connectivity index (χ0v) is 18.3. The van der Waals surface area contributed by atoms with Crippen molar-refractivity contribution in [2.75, 3.05) is 25.5 Å². The Morgan fingerprint density at radius 2 is 1.86 bits per heavy atom. The van der Waals surface area contributed by atoms with E-state index < -0.39 is 23.9 Å². The zero-order valence-electron chi connectivity index (χ0n) is 18.3. The molecule has 0 aromatic carbocycles. The van der Waals surface area contributed by atoms with Crippen LogP contribution in [0, 0.1) is 0 Å². The number of nitrogens with zero attached hydrogens (tertiary/aromatic N) is 5. The summed E-state index contributed by atoms with van der Waals surface area (Å²) in [6.45, 7) is -0.333. The van der Waals surface area contributed by atoms with Gasteiger partial charge in [0.05, 0.1) is 5.69 Å². The lowest BCUT2D eigenvalue weighted by molar-refractivity contribution is -0.192. The summed E-state index contributed by atoms with van der Waals surface area (Å²) in [7, 11) is 3.77. The Kier molecular flexibility index (Phi) is 8.77. The Morgan fingerprint density at radius 3 is 2.34 bits per heavy atom. The molecule has 0 aliphatic carbocycles. The van der Waals surface area contributed by atoms with E-state index in [1.165, 1.54) is 0 Å². The van der Waals surface area contributed by atoms with E-state index in [1.807, 2.05) is 31.1 Å². The van der Waals surface area contributed by atoms with Gasteiger partial charge < -0.3 is 15.7 Å². The van der Waals surface area contributed by atoms with Gasteiger partial charge >= 0.3 is 17.8 Å². The number of hydrogen-bond donors (Lipinski definition) is 3. The lowest BCUT2D eigenvalue weighted by Crippen LogP contribution is -2.21. The molecule has 3 aromatic heterocycles. The van der Waals surface area contributed by atoms with Gasteiger partial charge in [0.1, 0.15) is 17.5 Å². The number of alkyl halides is 3. The molecule has 0 fully saturated rings. The Balaban J connectivity index is 0.000000540. The highest BCUT2D eigenvalue weighted by molar-refractivity contribution is 5.73. The third-order valence-corrected chi connectivity index (χ3v) is 4.33. The number of anilines is 1. The van der Waals surface area contributed by atoms with Crippen molar-refractivity contribution in [3.05, 3.63) is 64.5 Å². The summed E-state index contributed by atoms with van der Waals surface area (Å²) in [5.41, 5.74) is 5.83. The normalized spacial score (nSPS) is 10.9. The number of aromatic amines is 1. The molecule has 0 atom stereocenters. The van der Waals surface area contributed by atoms with Gasteiger partial charge in [-0.25, -0.2) is 29.2 Å². The minimum absolute atomic E-state index is 0.101. The fourth-order valence-electron chi connectivity index (χ4n) is 2.60. The first-order valence-electron chi connectivity index (χ1n) is 9.65. The number of hydrogen-bond acceptors (Lipinski definition) is 7. The molecule has 0 bridgehead atoms. The van der Waals surface area contributed by atoms with E-state index in [-0.39, 0.29) is 30.2 Å². The monoisotopic (exact) mass is 501 g/mol. The number of carboxylic acids is 1. The lowest BCUT2D eigenvalue weighted by Gasteiger charge is -2.11. The van der Waals surface area contributed by atoms with E-state index in [4.69, 9.17) is 15.6 Å². The van der Waals surface area contributed by atoms with E-state index in [9.17, 15) is 26.7 Å². The summed E-state index contributed by atoms with van der Waals surface area (Å²) in [6, 6.07) is 8.80. The lowest BCUT2D eigenvalue weighted by atomic mass is 10.2. The van der Waals surface area contributed by atoms with Crippen molar-refractivity contribution >= 4 is 11.8 Å². The number of aliphatic carboxylic acids is 1. The Bertz CT molecular complexity index is 1250. The number of carboxylic acid groups (broad SMARTS) is 1. The molecule has 0 radical (unpaired) electrons. The minimum atomic E-state index is -5.08. The first-order chi connectivity index (χ1) is 16.3. The summed E-state index contributed by atoms with van der Waals surface area (Å²) >= 11 is 0. The van der Waals surface area contributed by atoms with Crippen LogP contribution < -0.4 is 16.3 Å². The second-order valence-corrected chi connectivity index (χ2v) is 7.01. The molecule has 0 aliphatic heterocycles. The van der Waals surface area contributed by atoms with Gasteiger partial charge in [-0.1, -0.05) is 6.07 Å². The third-order valence-electron chi connectivity index (χ3n) is 4.33. The summed E-state index contributed by atoms with van der Waals surface area (Å²) in [4.78, 5) is 31.8. The van der Waals surface area contributed by atoms with Crippen LogP contribution in [0.5, 0.6) is 0 Å². The van der Waals surface area contributed by atoms with Gasteiger partial charge in [-0.2, -0.15) is 27.1 Å². The van der Waals surface area contributed by atoms with Crippen molar-refractivity contribution in [3.8, 4) is 17.1 Å². The molecule has 188 valence electrons. The highest BCUT2D eigenvalue weighted by Crippen LogP contribution is 2.20. The van der Waals surface area contributed by atoms with Crippen molar-refractivity contribution in [2.45, 2.75) is 12.6 Å². The van der Waals surface area contributed by atoms with Gasteiger partial charge in [-0.3, -0.25) is 0 Å². The smallest absolute Gasteiger partial charge is 0.475 e. The second kappa shape index (κ2) is 11.3. The summed E-state index contributed by atoms with van der Waals surface area (Å²) in [5, 5.41) is 13.2. The SMILES string of the molecule is CN(C)c1ccc(-c2cccc(-n3c(CC(CN)=C(F)F)n[nH]c3=O)n2)cn1.O=C(O)C(F)(F)F. The van der Waals surface area contributed by atoms with Gasteiger partial charge in [-0.15, -0.1) is 0 Å². The van der Waals surface area contributed by atoms with Crippen molar-refractivity contribution in [2.24, 2.45) is 5.73 Å². The van der Waals surface area contributed by atoms with Crippen LogP contribution in [0.25, 0.3) is 17.1 Å². The van der Waals surface area contributed by atoms with Gasteiger partial charge in [0.15, 0.2) is 0 Å². The molecular weight excluding hydrogens is 481 g/mol. The second-order valence-electron chi connectivity index (χ2n) is 7.01. The largest absolute Gasteiger partial charge is 0.490 e. The summed E-state index contributed by atoms with van der Waals surface area (Å²) in [5.74, 6) is -1.60. The molecule has 0 saturated heterocycles. The average molecular weight is 501 g/mol. The number of carbonyl (C=O) groups is 1. The first-order valence-corrected chi connectivity index (χ1v) is 9.65. The quantitative estimate of drug-likeness (QED) is 0.437. The Morgan fingerprint density at radius 1 is 1.20 bits per heavy atom. The van der Waals surface area contributed by atoms with Gasteiger partial charge in [0.2, 0.25) is 0 Å². The van der Waals surface area contributed by atoms with Crippen LogP contribution in [0.15, 0.2) is 53.0 Å². The van der Waals surface area contributed by atoms with Crippen LogP contribution in [0.1, 0.15) is 5.82 Å². The van der Waals surface area contributed by atoms with Crippen LogP contribution in [0.4, 0.5) is 27.8 Å². The van der Waals surface area contributed by atoms with Gasteiger partial charge in [-0.05, 0) is 24.3 Å². The molecule has 0 amide bonds. The molecule has 0 saturated carbocycles. The van der Waals surface area contributed by atoms with Crippen molar-refractivity contribution in [3.63, 3.8) is 0 Å². The molecule has 4 N–H and O–H groups in total. The van der Waals surface area contributed by atoms with Gasteiger partial charge in [0, 0.05) is 44.4 Å². The van der Waals surface area contributed by atoms with Crippen LogP contribution >= 0.6 is 0 Å². The van der Waals surface area contributed by atoms with Crippen LogP contribution in [-0.4, -0.2) is 62.6 Å². The number of H-pyrrole nitrogens is 1. The number of aromatic nitrogens is 5. The maximum Gasteiger partial charge on any atom is 0.490 e. The molecule has 0 spiro atoms. The number of pyridine rings is 2. The Hall–Kier alpha value is -4.14. The van der Waals surface area contributed by atoms with Crippen LogP contribution in [-0.2, 0) is 11.2 Å². The number of nitrogens with two attached hydrogens (primary N) is 1. The van der Waals surface area contributed by atoms with Crippen molar-refractivity contribution in [1.82, 2.24) is 24.7 Å². The maximum absolute atomic E-state index is 12.9. The van der Waals surface area contributed by atoms with E-state index in [0.29, 0.717) is 5.69 Å². The minimum Gasteiger partial charge on any atom is -0.475 e.